The number of carbonyl (C=O) groups is 2. The summed E-state index contributed by atoms with van der Waals surface area (Å²) in [4.78, 5) is 25.1. The fourth-order valence-electron chi connectivity index (χ4n) is 0.465. The third-order valence-corrected chi connectivity index (χ3v) is 1.73. The zero-order valence-electron chi connectivity index (χ0n) is 7.08. The lowest BCUT2D eigenvalue weighted by molar-refractivity contribution is -0.140. The van der Waals surface area contributed by atoms with Crippen LogP contribution >= 0.6 is 15.9 Å². The summed E-state index contributed by atoms with van der Waals surface area (Å²) in [5.74, 6) is -1.01. The molecule has 7 heteroatoms. The smallest absolute Gasteiger partial charge is 0.320 e. The molecule has 0 aromatic rings. The van der Waals surface area contributed by atoms with Gasteiger partial charge in [-0.15, -0.1) is 0 Å². The highest BCUT2D eigenvalue weighted by atomic mass is 79.9. The van der Waals surface area contributed by atoms with Gasteiger partial charge < -0.3 is 10.5 Å². The number of nitrogens with one attached hydrogen (secondary N) is 1. The molecule has 3 N–H and O–H groups in total. The summed E-state index contributed by atoms with van der Waals surface area (Å²) in [5.41, 5.74) is 7.17. The van der Waals surface area contributed by atoms with Crippen molar-refractivity contribution < 1.29 is 19.2 Å². The van der Waals surface area contributed by atoms with Gasteiger partial charge in [0.15, 0.2) is 0 Å². The van der Waals surface area contributed by atoms with Crippen LogP contribution in [-0.4, -0.2) is 37.0 Å². The molecule has 13 heavy (non-hydrogen) atoms. The van der Waals surface area contributed by atoms with Crippen LogP contribution in [0.2, 0.25) is 0 Å². The molecule has 0 aliphatic carbocycles. The van der Waals surface area contributed by atoms with Crippen molar-refractivity contribution in [2.24, 2.45) is 5.73 Å². The molecule has 76 valence electrons. The summed E-state index contributed by atoms with van der Waals surface area (Å²) in [6.07, 6.45) is 0. The minimum atomic E-state index is -0.586. The minimum absolute atomic E-state index is 0.194. The van der Waals surface area contributed by atoms with Crippen molar-refractivity contribution in [2.75, 3.05) is 20.3 Å². The van der Waals surface area contributed by atoms with E-state index in [0.717, 1.165) is 0 Å². The Morgan fingerprint density at radius 2 is 2.23 bits per heavy atom. The molecule has 0 aliphatic rings. The first-order valence-corrected chi connectivity index (χ1v) is 4.34. The predicted molar refractivity (Wildman–Crippen MR) is 47.9 cm³/mol. The Labute approximate surface area is 83.8 Å². The number of halogens is 1. The second-order valence-corrected chi connectivity index (χ2v) is 3.20. The van der Waals surface area contributed by atoms with Crippen molar-refractivity contribution in [1.29, 1.82) is 0 Å². The Hall–Kier alpha value is -0.660. The highest BCUT2D eigenvalue weighted by Crippen LogP contribution is 1.99. The molecular weight excluding hydrogens is 244 g/mol. The second kappa shape index (κ2) is 6.81. The SMILES string of the molecule is COC(=O)C(Br)CNOCC(N)=O. The van der Waals surface area contributed by atoms with E-state index in [0.29, 0.717) is 0 Å². The molecule has 0 saturated carbocycles. The summed E-state index contributed by atoms with van der Waals surface area (Å²) in [6.45, 7) is -0.0408. The van der Waals surface area contributed by atoms with Crippen LogP contribution in [0.15, 0.2) is 0 Å². The molecule has 1 atom stereocenters. The number of primary amides is 1. The van der Waals surface area contributed by atoms with Gasteiger partial charge in [0.25, 0.3) is 0 Å². The van der Waals surface area contributed by atoms with Crippen molar-refractivity contribution in [3.63, 3.8) is 0 Å². The summed E-state index contributed by atoms with van der Waals surface area (Å²) in [7, 11) is 1.28. The number of methoxy groups -OCH3 is 1. The van der Waals surface area contributed by atoms with Crippen LogP contribution in [-0.2, 0) is 19.2 Å². The third kappa shape index (κ3) is 6.50. The normalized spacial score (nSPS) is 12.2. The number of alkyl halides is 1. The highest BCUT2D eigenvalue weighted by Gasteiger charge is 2.14. The van der Waals surface area contributed by atoms with E-state index < -0.39 is 16.7 Å². The van der Waals surface area contributed by atoms with E-state index in [1.54, 1.807) is 0 Å². The molecule has 0 spiro atoms. The first kappa shape index (κ1) is 12.3. The van der Waals surface area contributed by atoms with E-state index in [1.807, 2.05) is 0 Å². The minimum Gasteiger partial charge on any atom is -0.468 e. The molecule has 0 fully saturated rings. The van der Waals surface area contributed by atoms with Crippen LogP contribution in [0.1, 0.15) is 0 Å². The molecule has 0 saturated heterocycles. The summed E-state index contributed by atoms with van der Waals surface area (Å²) in [6, 6.07) is 0. The van der Waals surface area contributed by atoms with Crippen molar-refractivity contribution in [2.45, 2.75) is 4.83 Å². The monoisotopic (exact) mass is 254 g/mol. The zero-order valence-corrected chi connectivity index (χ0v) is 8.67. The van der Waals surface area contributed by atoms with Crippen molar-refractivity contribution in [3.05, 3.63) is 0 Å². The summed E-state index contributed by atoms with van der Waals surface area (Å²) < 4.78 is 4.42. The average molecular weight is 255 g/mol. The van der Waals surface area contributed by atoms with Crippen LogP contribution in [0.3, 0.4) is 0 Å². The molecule has 0 bridgehead atoms. The highest BCUT2D eigenvalue weighted by molar-refractivity contribution is 9.10. The van der Waals surface area contributed by atoms with E-state index in [9.17, 15) is 9.59 Å². The van der Waals surface area contributed by atoms with Crippen molar-refractivity contribution in [3.8, 4) is 0 Å². The molecule has 1 amide bonds. The molecule has 0 heterocycles. The first-order chi connectivity index (χ1) is 6.07. The maximum absolute atomic E-state index is 10.8. The van der Waals surface area contributed by atoms with E-state index in [-0.39, 0.29) is 13.2 Å². The molecule has 0 aromatic carbocycles. The van der Waals surface area contributed by atoms with Crippen molar-refractivity contribution >= 4 is 27.8 Å². The molecule has 1 unspecified atom stereocenters. The lowest BCUT2D eigenvalue weighted by Gasteiger charge is -2.07. The number of nitrogens with two attached hydrogens (primary N) is 1. The Morgan fingerprint density at radius 1 is 1.62 bits per heavy atom. The van der Waals surface area contributed by atoms with Gasteiger partial charge >= 0.3 is 5.97 Å². The summed E-state index contributed by atoms with van der Waals surface area (Å²) >= 11 is 3.04. The third-order valence-electron chi connectivity index (χ3n) is 1.04. The number of hydroxylamine groups is 1. The van der Waals surface area contributed by atoms with Gasteiger partial charge in [-0.1, -0.05) is 15.9 Å². The van der Waals surface area contributed by atoms with E-state index in [1.165, 1.54) is 7.11 Å². The van der Waals surface area contributed by atoms with Gasteiger partial charge in [0.1, 0.15) is 11.4 Å². The Kier molecular flexibility index (Phi) is 6.47. The Morgan fingerprint density at radius 3 is 2.69 bits per heavy atom. The molecule has 0 radical (unpaired) electrons. The standard InChI is InChI=1S/C6H11BrN2O4/c1-12-6(11)4(7)2-9-13-3-5(8)10/h4,9H,2-3H2,1H3,(H2,8,10). The van der Waals surface area contributed by atoms with Gasteiger partial charge in [-0.25, -0.2) is 5.48 Å². The van der Waals surface area contributed by atoms with Crippen LogP contribution < -0.4 is 11.2 Å². The van der Waals surface area contributed by atoms with Crippen LogP contribution in [0.25, 0.3) is 0 Å². The number of rotatable bonds is 6. The molecule has 0 rings (SSSR count). The number of hydrogen-bond donors (Lipinski definition) is 2. The van der Waals surface area contributed by atoms with Crippen LogP contribution in [0.5, 0.6) is 0 Å². The Bertz CT molecular complexity index is 187. The quantitative estimate of drug-likeness (QED) is 0.273. The van der Waals surface area contributed by atoms with Crippen LogP contribution in [0, 0.1) is 0 Å². The fraction of sp³-hybridized carbons (Fsp3) is 0.667. The zero-order chi connectivity index (χ0) is 10.3. The maximum Gasteiger partial charge on any atom is 0.320 e. The summed E-state index contributed by atoms with van der Waals surface area (Å²) in [5, 5.41) is 0. The molecular formula is C6H11BrN2O4. The largest absolute Gasteiger partial charge is 0.468 e. The number of esters is 1. The number of carbonyl (C=O) groups excluding carboxylic acids is 2. The Balaban J connectivity index is 3.42. The van der Waals surface area contributed by atoms with Gasteiger partial charge in [-0.2, -0.15) is 0 Å². The van der Waals surface area contributed by atoms with E-state index >= 15 is 0 Å². The number of ether oxygens (including phenoxy) is 1. The van der Waals surface area contributed by atoms with Gasteiger partial charge in [0.2, 0.25) is 5.91 Å². The second-order valence-electron chi connectivity index (χ2n) is 2.09. The number of hydrogen-bond acceptors (Lipinski definition) is 5. The lowest BCUT2D eigenvalue weighted by atomic mass is 10.4. The fourth-order valence-corrected chi connectivity index (χ4v) is 0.785. The van der Waals surface area contributed by atoms with Gasteiger partial charge in [-0.3, -0.25) is 14.4 Å². The van der Waals surface area contributed by atoms with E-state index in [2.05, 4.69) is 31.0 Å². The van der Waals surface area contributed by atoms with E-state index in [4.69, 9.17) is 5.73 Å². The lowest BCUT2D eigenvalue weighted by Crippen LogP contribution is -2.32. The van der Waals surface area contributed by atoms with Gasteiger partial charge in [-0.05, 0) is 0 Å². The topological polar surface area (TPSA) is 90.7 Å². The van der Waals surface area contributed by atoms with Gasteiger partial charge in [0, 0.05) is 6.54 Å². The predicted octanol–water partition coefficient (Wildman–Crippen LogP) is -1.07. The number of amides is 1. The van der Waals surface area contributed by atoms with Crippen LogP contribution in [0.4, 0.5) is 0 Å². The van der Waals surface area contributed by atoms with Gasteiger partial charge in [0.05, 0.1) is 7.11 Å². The molecule has 0 aromatic heterocycles. The maximum atomic E-state index is 10.8. The van der Waals surface area contributed by atoms with Crippen molar-refractivity contribution in [1.82, 2.24) is 5.48 Å². The molecule has 0 aliphatic heterocycles. The average Bonchev–Trinajstić information content (AvgIpc) is 2.10. The molecule has 6 nitrogen and oxygen atoms in total. The first-order valence-electron chi connectivity index (χ1n) is 3.42.